The second-order valence-electron chi connectivity index (χ2n) is 6.42. The fraction of sp³-hybridized carbons (Fsp3) is 0.556. The molecule has 0 saturated carbocycles. The Kier molecular flexibility index (Phi) is 6.88. The molecule has 0 atom stereocenters. The first-order chi connectivity index (χ1) is 12.3. The zero-order valence-corrected chi connectivity index (χ0v) is 14.7. The summed E-state index contributed by atoms with van der Waals surface area (Å²) in [7, 11) is 0. The molecule has 0 bridgehead atoms. The number of anilines is 1. The van der Waals surface area contributed by atoms with Crippen molar-refractivity contribution in [2.24, 2.45) is 0 Å². The maximum atomic E-state index is 12.2. The molecule has 0 aromatic heterocycles. The summed E-state index contributed by atoms with van der Waals surface area (Å²) in [6, 6.07) is 7.13. The Labute approximate surface area is 150 Å². The molecule has 1 saturated heterocycles. The van der Waals surface area contributed by atoms with Gasteiger partial charge in [-0.25, -0.2) is 4.79 Å². The third-order valence-electron chi connectivity index (χ3n) is 4.43. The van der Waals surface area contributed by atoms with Crippen LogP contribution in [0.25, 0.3) is 0 Å². The first kappa shape index (κ1) is 20.1. The van der Waals surface area contributed by atoms with Gasteiger partial charge in [0.15, 0.2) is 0 Å². The van der Waals surface area contributed by atoms with Crippen molar-refractivity contribution in [1.82, 2.24) is 10.2 Å². The molecule has 144 valence electrons. The number of benzene rings is 1. The van der Waals surface area contributed by atoms with E-state index in [1.807, 2.05) is 24.3 Å². The van der Waals surface area contributed by atoms with Gasteiger partial charge in [0.05, 0.1) is 6.42 Å². The molecule has 5 nitrogen and oxygen atoms in total. The van der Waals surface area contributed by atoms with Gasteiger partial charge >= 0.3 is 12.2 Å². The topological polar surface area (TPSA) is 61.4 Å². The molecular weight excluding hydrogens is 347 g/mol. The van der Waals surface area contributed by atoms with Crippen LogP contribution in [-0.2, 0) is 11.2 Å². The van der Waals surface area contributed by atoms with E-state index in [1.54, 1.807) is 0 Å². The summed E-state index contributed by atoms with van der Waals surface area (Å²) >= 11 is 0. The van der Waals surface area contributed by atoms with Crippen LogP contribution in [0.4, 0.5) is 23.7 Å². The number of aryl methyl sites for hydroxylation is 1. The Morgan fingerprint density at radius 2 is 1.77 bits per heavy atom. The molecule has 8 heteroatoms. The zero-order valence-electron chi connectivity index (χ0n) is 14.7. The van der Waals surface area contributed by atoms with Gasteiger partial charge in [-0.3, -0.25) is 4.79 Å². The number of carbonyl (C=O) groups excluding carboxylic acids is 2. The summed E-state index contributed by atoms with van der Waals surface area (Å²) in [5.41, 5.74) is 1.87. The van der Waals surface area contributed by atoms with Crippen LogP contribution in [0, 0.1) is 0 Å². The molecule has 1 heterocycles. The maximum absolute atomic E-state index is 12.2. The Bertz CT molecular complexity index is 609. The number of hydrogen-bond acceptors (Lipinski definition) is 2. The standard InChI is InChI=1S/C18H24F3N3O2/c1-2-13-3-5-14(6-4-13)22-17(26)23-15-8-11-24(12-9-15)16(25)7-10-18(19,20)21/h3-6,15H,2,7-12H2,1H3,(H2,22,23,26). The van der Waals surface area contributed by atoms with Crippen molar-refractivity contribution >= 4 is 17.6 Å². The number of hydrogen-bond donors (Lipinski definition) is 2. The highest BCUT2D eigenvalue weighted by atomic mass is 19.4. The van der Waals surface area contributed by atoms with Crippen molar-refractivity contribution in [1.29, 1.82) is 0 Å². The van der Waals surface area contributed by atoms with Crippen molar-refractivity contribution in [2.45, 2.75) is 51.2 Å². The third kappa shape index (κ3) is 6.57. The van der Waals surface area contributed by atoms with E-state index in [2.05, 4.69) is 17.6 Å². The molecule has 2 rings (SSSR count). The van der Waals surface area contributed by atoms with Crippen molar-refractivity contribution in [3.05, 3.63) is 29.8 Å². The summed E-state index contributed by atoms with van der Waals surface area (Å²) in [6.45, 7) is 2.76. The largest absolute Gasteiger partial charge is 0.389 e. The average Bonchev–Trinajstić information content (AvgIpc) is 2.60. The van der Waals surface area contributed by atoms with E-state index < -0.39 is 24.9 Å². The van der Waals surface area contributed by atoms with Crippen LogP contribution < -0.4 is 10.6 Å². The van der Waals surface area contributed by atoms with E-state index in [0.717, 1.165) is 6.42 Å². The van der Waals surface area contributed by atoms with E-state index >= 15 is 0 Å². The SMILES string of the molecule is CCc1ccc(NC(=O)NC2CCN(C(=O)CCC(F)(F)F)CC2)cc1. The van der Waals surface area contributed by atoms with Crippen LogP contribution in [0.15, 0.2) is 24.3 Å². The maximum Gasteiger partial charge on any atom is 0.389 e. The molecule has 0 aliphatic carbocycles. The number of urea groups is 1. The number of piperidine rings is 1. The van der Waals surface area contributed by atoms with Crippen molar-refractivity contribution < 1.29 is 22.8 Å². The monoisotopic (exact) mass is 371 g/mol. The fourth-order valence-corrected chi connectivity index (χ4v) is 2.86. The highest BCUT2D eigenvalue weighted by molar-refractivity contribution is 5.89. The van der Waals surface area contributed by atoms with Crippen LogP contribution in [0.3, 0.4) is 0 Å². The summed E-state index contributed by atoms with van der Waals surface area (Å²) < 4.78 is 36.6. The van der Waals surface area contributed by atoms with Crippen LogP contribution in [0.1, 0.15) is 38.2 Å². The van der Waals surface area contributed by atoms with Crippen molar-refractivity contribution in [3.8, 4) is 0 Å². The van der Waals surface area contributed by atoms with E-state index in [0.29, 0.717) is 31.6 Å². The van der Waals surface area contributed by atoms with Gasteiger partial charge in [0.2, 0.25) is 5.91 Å². The van der Waals surface area contributed by atoms with Crippen molar-refractivity contribution in [2.75, 3.05) is 18.4 Å². The zero-order chi connectivity index (χ0) is 19.2. The van der Waals surface area contributed by atoms with Gasteiger partial charge in [0.1, 0.15) is 0 Å². The molecule has 1 fully saturated rings. The first-order valence-corrected chi connectivity index (χ1v) is 8.78. The lowest BCUT2D eigenvalue weighted by Gasteiger charge is -2.32. The number of rotatable bonds is 5. The minimum atomic E-state index is -4.32. The van der Waals surface area contributed by atoms with Crippen LogP contribution in [0.5, 0.6) is 0 Å². The summed E-state index contributed by atoms with van der Waals surface area (Å²) in [4.78, 5) is 25.3. The molecule has 1 aliphatic heterocycles. The van der Waals surface area contributed by atoms with Gasteiger partial charge in [0.25, 0.3) is 0 Å². The van der Waals surface area contributed by atoms with Crippen LogP contribution in [-0.4, -0.2) is 42.1 Å². The summed E-state index contributed by atoms with van der Waals surface area (Å²) in [5.74, 6) is -0.485. The lowest BCUT2D eigenvalue weighted by atomic mass is 10.0. The van der Waals surface area contributed by atoms with Gasteiger partial charge < -0.3 is 15.5 Å². The third-order valence-corrected chi connectivity index (χ3v) is 4.43. The quantitative estimate of drug-likeness (QED) is 0.829. The van der Waals surface area contributed by atoms with Gasteiger partial charge in [-0.15, -0.1) is 0 Å². The minimum Gasteiger partial charge on any atom is -0.343 e. The number of nitrogens with zero attached hydrogens (tertiary/aromatic N) is 1. The molecule has 0 spiro atoms. The van der Waals surface area contributed by atoms with Crippen LogP contribution in [0.2, 0.25) is 0 Å². The molecule has 3 amide bonds. The second-order valence-corrected chi connectivity index (χ2v) is 6.42. The van der Waals surface area contributed by atoms with Gasteiger partial charge in [-0.1, -0.05) is 19.1 Å². The molecule has 1 aliphatic rings. The lowest BCUT2D eigenvalue weighted by Crippen LogP contribution is -2.47. The molecule has 1 aromatic rings. The molecular formula is C18H24F3N3O2. The van der Waals surface area contributed by atoms with Gasteiger partial charge in [-0.2, -0.15) is 13.2 Å². The van der Waals surface area contributed by atoms with E-state index in [-0.39, 0.29) is 12.1 Å². The van der Waals surface area contributed by atoms with E-state index in [1.165, 1.54) is 10.5 Å². The van der Waals surface area contributed by atoms with Gasteiger partial charge in [-0.05, 0) is 37.0 Å². The normalized spacial score (nSPS) is 15.6. The number of nitrogens with one attached hydrogen (secondary N) is 2. The number of carbonyl (C=O) groups is 2. The Morgan fingerprint density at radius 3 is 2.31 bits per heavy atom. The number of halogens is 3. The predicted molar refractivity (Wildman–Crippen MR) is 92.9 cm³/mol. The molecule has 0 unspecified atom stereocenters. The minimum absolute atomic E-state index is 0.100. The van der Waals surface area contributed by atoms with E-state index in [9.17, 15) is 22.8 Å². The first-order valence-electron chi connectivity index (χ1n) is 8.78. The average molecular weight is 371 g/mol. The number of alkyl halides is 3. The Balaban J connectivity index is 1.72. The van der Waals surface area contributed by atoms with Crippen molar-refractivity contribution in [3.63, 3.8) is 0 Å². The molecule has 2 N–H and O–H groups in total. The van der Waals surface area contributed by atoms with Crippen LogP contribution >= 0.6 is 0 Å². The highest BCUT2D eigenvalue weighted by Crippen LogP contribution is 2.22. The predicted octanol–water partition coefficient (Wildman–Crippen LogP) is 3.70. The fourth-order valence-electron chi connectivity index (χ4n) is 2.86. The Hall–Kier alpha value is -2.25. The Morgan fingerprint density at radius 1 is 1.15 bits per heavy atom. The molecule has 1 aromatic carbocycles. The number of amides is 3. The number of likely N-dealkylation sites (tertiary alicyclic amines) is 1. The summed E-state index contributed by atoms with van der Waals surface area (Å²) in [6.07, 6.45) is -3.95. The van der Waals surface area contributed by atoms with E-state index in [4.69, 9.17) is 0 Å². The summed E-state index contributed by atoms with van der Waals surface area (Å²) in [5, 5.41) is 5.60. The second kappa shape index (κ2) is 8.91. The lowest BCUT2D eigenvalue weighted by molar-refractivity contribution is -0.149. The highest BCUT2D eigenvalue weighted by Gasteiger charge is 2.30. The van der Waals surface area contributed by atoms with Gasteiger partial charge in [0, 0.05) is 31.2 Å². The molecule has 26 heavy (non-hydrogen) atoms. The smallest absolute Gasteiger partial charge is 0.343 e. The molecule has 0 radical (unpaired) electrons.